The third kappa shape index (κ3) is 4.19. The number of hydrogen-bond donors (Lipinski definition) is 1. The summed E-state index contributed by atoms with van der Waals surface area (Å²) in [5, 5.41) is 0.991. The molecular formula is C27H32N6O3. The van der Waals surface area contributed by atoms with Crippen molar-refractivity contribution in [2.45, 2.75) is 19.4 Å². The van der Waals surface area contributed by atoms with Crippen molar-refractivity contribution in [3.05, 3.63) is 58.3 Å². The average molecular weight is 489 g/mol. The van der Waals surface area contributed by atoms with Gasteiger partial charge in [0.1, 0.15) is 11.9 Å². The smallest absolute Gasteiger partial charge is 0.253 e. The predicted octanol–water partition coefficient (Wildman–Crippen LogP) is 3.00. The minimum absolute atomic E-state index is 0.00322. The van der Waals surface area contributed by atoms with Crippen LogP contribution >= 0.6 is 0 Å². The first kappa shape index (κ1) is 23.9. The first-order chi connectivity index (χ1) is 17.4. The summed E-state index contributed by atoms with van der Waals surface area (Å²) >= 11 is 0. The molecule has 188 valence electrons. The van der Waals surface area contributed by atoms with Crippen LogP contribution in [0.2, 0.25) is 0 Å². The number of ether oxygens (including phenoxy) is 2. The average Bonchev–Trinajstić information content (AvgIpc) is 3.39. The second-order valence-corrected chi connectivity index (χ2v) is 9.31. The van der Waals surface area contributed by atoms with Gasteiger partial charge < -0.3 is 29.6 Å². The molecule has 9 nitrogen and oxygen atoms in total. The zero-order valence-electron chi connectivity index (χ0n) is 21.2. The van der Waals surface area contributed by atoms with Gasteiger partial charge in [-0.2, -0.15) is 0 Å². The quantitative estimate of drug-likeness (QED) is 0.552. The molecule has 0 bridgehead atoms. The Bertz CT molecular complexity index is 1420. The molecule has 2 aliphatic rings. The lowest BCUT2D eigenvalue weighted by atomic mass is 10.1. The van der Waals surface area contributed by atoms with Crippen LogP contribution in [-0.2, 0) is 11.8 Å². The fourth-order valence-corrected chi connectivity index (χ4v) is 4.95. The maximum atomic E-state index is 12.8. The Balaban J connectivity index is 1.68. The van der Waals surface area contributed by atoms with E-state index in [0.717, 1.165) is 64.5 Å². The molecule has 2 aliphatic heterocycles. The SMILES string of the molecule is CN=C/C(=C\N)c1cc2c(cn1)N(c1cc(OC3CCOC3)cc3c1cc(C)c(=O)n3C)CCN2C. The van der Waals surface area contributed by atoms with E-state index < -0.39 is 0 Å². The number of aromatic nitrogens is 2. The Morgan fingerprint density at radius 2 is 2.03 bits per heavy atom. The molecule has 1 saturated heterocycles. The minimum atomic E-state index is -0.0152. The maximum absolute atomic E-state index is 12.8. The molecule has 5 rings (SSSR count). The summed E-state index contributed by atoms with van der Waals surface area (Å²) in [5.74, 6) is 0.726. The Morgan fingerprint density at radius 1 is 1.19 bits per heavy atom. The molecule has 3 aromatic rings. The summed E-state index contributed by atoms with van der Waals surface area (Å²) in [4.78, 5) is 26.1. The largest absolute Gasteiger partial charge is 0.488 e. The predicted molar refractivity (Wildman–Crippen MR) is 145 cm³/mol. The van der Waals surface area contributed by atoms with Gasteiger partial charge in [-0.25, -0.2) is 0 Å². The van der Waals surface area contributed by atoms with E-state index in [2.05, 4.69) is 27.9 Å². The lowest BCUT2D eigenvalue weighted by Gasteiger charge is -2.37. The fourth-order valence-electron chi connectivity index (χ4n) is 4.95. The molecule has 1 unspecified atom stereocenters. The normalized spacial score (nSPS) is 18.3. The van der Waals surface area contributed by atoms with Crippen LogP contribution in [0.1, 0.15) is 17.7 Å². The van der Waals surface area contributed by atoms with Crippen LogP contribution in [0.3, 0.4) is 0 Å². The van der Waals surface area contributed by atoms with Crippen molar-refractivity contribution < 1.29 is 9.47 Å². The first-order valence-electron chi connectivity index (χ1n) is 12.1. The second-order valence-electron chi connectivity index (χ2n) is 9.31. The highest BCUT2D eigenvalue weighted by Crippen LogP contribution is 2.42. The molecule has 1 atom stereocenters. The van der Waals surface area contributed by atoms with Crippen molar-refractivity contribution in [3.8, 4) is 5.75 Å². The van der Waals surface area contributed by atoms with Crippen molar-refractivity contribution in [2.75, 3.05) is 50.2 Å². The molecule has 2 N–H and O–H groups in total. The summed E-state index contributed by atoms with van der Waals surface area (Å²) in [6.45, 7) is 4.70. The summed E-state index contributed by atoms with van der Waals surface area (Å²) < 4.78 is 13.5. The topological polar surface area (TPSA) is 98.2 Å². The molecule has 0 aliphatic carbocycles. The van der Waals surface area contributed by atoms with Crippen LogP contribution in [-0.4, -0.2) is 62.3 Å². The zero-order chi connectivity index (χ0) is 25.4. The van der Waals surface area contributed by atoms with Crippen molar-refractivity contribution in [1.29, 1.82) is 0 Å². The standard InChI is InChI=1S/C27H32N6O3/c1-17-9-21-23(32(4)27(17)34)10-20(36-19-5-8-35-16-19)11-24(21)33-7-6-31(3)25-12-22(30-15-26(25)33)18(13-28)14-29-2/h9-15,19H,5-8,16,28H2,1-4H3/b18-13+,29-14?. The third-order valence-corrected chi connectivity index (χ3v) is 6.92. The van der Waals surface area contributed by atoms with Crippen molar-refractivity contribution >= 4 is 39.8 Å². The van der Waals surface area contributed by atoms with Gasteiger partial charge in [0.05, 0.1) is 47.7 Å². The number of rotatable bonds is 5. The van der Waals surface area contributed by atoms with Crippen LogP contribution in [0.5, 0.6) is 5.75 Å². The van der Waals surface area contributed by atoms with Gasteiger partial charge in [0, 0.05) is 81.7 Å². The van der Waals surface area contributed by atoms with E-state index >= 15 is 0 Å². The van der Waals surface area contributed by atoms with Crippen LogP contribution in [0.15, 0.2) is 46.4 Å². The molecule has 0 saturated carbocycles. The van der Waals surface area contributed by atoms with Gasteiger partial charge in [0.15, 0.2) is 0 Å². The molecule has 0 amide bonds. The van der Waals surface area contributed by atoms with Crippen molar-refractivity contribution in [2.24, 2.45) is 17.8 Å². The van der Waals surface area contributed by atoms with Gasteiger partial charge in [-0.3, -0.25) is 14.8 Å². The Kier molecular flexibility index (Phi) is 6.40. The number of fused-ring (bicyclic) bond motifs is 2. The number of allylic oxidation sites excluding steroid dienone is 1. The number of nitrogens with zero attached hydrogens (tertiary/aromatic N) is 5. The highest BCUT2D eigenvalue weighted by atomic mass is 16.5. The molecule has 1 fully saturated rings. The van der Waals surface area contributed by atoms with E-state index in [1.54, 1.807) is 17.8 Å². The highest BCUT2D eigenvalue weighted by Gasteiger charge is 2.26. The number of pyridine rings is 2. The Hall–Kier alpha value is -3.85. The fraction of sp³-hybridized carbons (Fsp3) is 0.370. The molecule has 1 aromatic carbocycles. The number of hydrogen-bond acceptors (Lipinski definition) is 8. The monoisotopic (exact) mass is 488 g/mol. The van der Waals surface area contributed by atoms with Gasteiger partial charge in [0.2, 0.25) is 0 Å². The summed E-state index contributed by atoms with van der Waals surface area (Å²) in [6, 6.07) is 8.05. The van der Waals surface area contributed by atoms with Gasteiger partial charge in [-0.05, 0) is 19.1 Å². The lowest BCUT2D eigenvalue weighted by molar-refractivity contribution is 0.141. The van der Waals surface area contributed by atoms with Gasteiger partial charge in [-0.15, -0.1) is 0 Å². The van der Waals surface area contributed by atoms with Crippen molar-refractivity contribution in [1.82, 2.24) is 9.55 Å². The Labute approximate surface area is 210 Å². The van der Waals surface area contributed by atoms with E-state index in [4.69, 9.17) is 20.2 Å². The highest BCUT2D eigenvalue weighted by molar-refractivity contribution is 6.09. The molecule has 4 heterocycles. The Morgan fingerprint density at radius 3 is 2.75 bits per heavy atom. The minimum Gasteiger partial charge on any atom is -0.488 e. The summed E-state index contributed by atoms with van der Waals surface area (Å²) in [5.41, 5.74) is 11.9. The molecule has 0 radical (unpaired) electrons. The number of aliphatic imine (C=N–C) groups is 1. The van der Waals surface area contributed by atoms with E-state index in [-0.39, 0.29) is 11.7 Å². The van der Waals surface area contributed by atoms with E-state index in [9.17, 15) is 4.79 Å². The molecule has 2 aromatic heterocycles. The van der Waals surface area contributed by atoms with E-state index in [0.29, 0.717) is 18.8 Å². The van der Waals surface area contributed by atoms with Gasteiger partial charge in [0.25, 0.3) is 5.56 Å². The van der Waals surface area contributed by atoms with Crippen LogP contribution in [0.25, 0.3) is 16.5 Å². The number of benzene rings is 1. The summed E-state index contributed by atoms with van der Waals surface area (Å²) in [6.07, 6.45) is 5.96. The zero-order valence-corrected chi connectivity index (χ0v) is 21.2. The summed E-state index contributed by atoms with van der Waals surface area (Å²) in [7, 11) is 5.60. The number of nitrogens with two attached hydrogens (primary N) is 1. The molecule has 36 heavy (non-hydrogen) atoms. The van der Waals surface area contributed by atoms with Crippen LogP contribution in [0.4, 0.5) is 17.1 Å². The van der Waals surface area contributed by atoms with Gasteiger partial charge >= 0.3 is 0 Å². The van der Waals surface area contributed by atoms with E-state index in [1.807, 2.05) is 38.4 Å². The molecular weight excluding hydrogens is 456 g/mol. The van der Waals surface area contributed by atoms with Crippen LogP contribution in [0, 0.1) is 6.92 Å². The lowest BCUT2D eigenvalue weighted by Crippen LogP contribution is -2.37. The second kappa shape index (κ2) is 9.66. The number of likely N-dealkylation sites (N-methyl/N-ethyl adjacent to an activating group) is 1. The van der Waals surface area contributed by atoms with E-state index in [1.165, 1.54) is 6.20 Å². The number of aryl methyl sites for hydroxylation is 2. The third-order valence-electron chi connectivity index (χ3n) is 6.92. The molecule has 0 spiro atoms. The van der Waals surface area contributed by atoms with Crippen LogP contribution < -0.4 is 25.8 Å². The van der Waals surface area contributed by atoms with Gasteiger partial charge in [-0.1, -0.05) is 0 Å². The molecule has 9 heteroatoms. The number of anilines is 3. The van der Waals surface area contributed by atoms with Crippen molar-refractivity contribution in [3.63, 3.8) is 0 Å². The first-order valence-corrected chi connectivity index (χ1v) is 12.1. The maximum Gasteiger partial charge on any atom is 0.253 e.